The zero-order valence-electron chi connectivity index (χ0n) is 13.0. The lowest BCUT2D eigenvalue weighted by Crippen LogP contribution is -2.28. The van der Waals surface area contributed by atoms with Crippen LogP contribution in [0.2, 0.25) is 0 Å². The molecular weight excluding hydrogens is 262 g/mol. The van der Waals surface area contributed by atoms with Gasteiger partial charge in [0.25, 0.3) is 0 Å². The highest BCUT2D eigenvalue weighted by molar-refractivity contribution is 5.39. The van der Waals surface area contributed by atoms with Gasteiger partial charge < -0.3 is 5.73 Å². The molecule has 2 N–H and O–H groups in total. The van der Waals surface area contributed by atoms with Gasteiger partial charge in [0.1, 0.15) is 0 Å². The third-order valence-electron chi connectivity index (χ3n) is 4.32. The number of hydrogen-bond acceptors (Lipinski definition) is 2. The maximum Gasteiger partial charge on any atom is 0.328 e. The van der Waals surface area contributed by atoms with Gasteiger partial charge in [0.15, 0.2) is 0 Å². The highest BCUT2D eigenvalue weighted by Crippen LogP contribution is 2.33. The van der Waals surface area contributed by atoms with Gasteiger partial charge in [-0.25, -0.2) is 4.79 Å². The fourth-order valence-electron chi connectivity index (χ4n) is 3.28. The fourth-order valence-corrected chi connectivity index (χ4v) is 3.28. The summed E-state index contributed by atoms with van der Waals surface area (Å²) in [6.45, 7) is 6.81. The number of nitrogens with zero attached hydrogens (tertiary/aromatic N) is 2. The normalized spacial score (nSPS) is 16.2. The quantitative estimate of drug-likeness (QED) is 0.939. The molecule has 1 saturated carbocycles. The van der Waals surface area contributed by atoms with E-state index in [1.165, 1.54) is 16.7 Å². The summed E-state index contributed by atoms with van der Waals surface area (Å²) in [4.78, 5) is 12.3. The molecule has 0 saturated heterocycles. The summed E-state index contributed by atoms with van der Waals surface area (Å²) in [5.41, 5.74) is 11.3. The first-order valence-corrected chi connectivity index (χ1v) is 7.58. The number of nitrogens with two attached hydrogens (primary N) is 1. The molecule has 3 rings (SSSR count). The zero-order valence-corrected chi connectivity index (χ0v) is 13.0. The molecule has 4 nitrogen and oxygen atoms in total. The second kappa shape index (κ2) is 5.19. The van der Waals surface area contributed by atoms with E-state index in [4.69, 9.17) is 5.73 Å². The maximum absolute atomic E-state index is 12.3. The van der Waals surface area contributed by atoms with Crippen LogP contribution in [0, 0.1) is 20.8 Å². The lowest BCUT2D eigenvalue weighted by atomic mass is 9.94. The third kappa shape index (κ3) is 2.68. The minimum atomic E-state index is -0.154. The highest BCUT2D eigenvalue weighted by Gasteiger charge is 2.26. The Labute approximate surface area is 125 Å². The summed E-state index contributed by atoms with van der Waals surface area (Å²) >= 11 is 0. The first-order chi connectivity index (χ1) is 9.97. The van der Waals surface area contributed by atoms with Gasteiger partial charge in [-0.3, -0.25) is 9.13 Å². The second-order valence-corrected chi connectivity index (χ2v) is 6.29. The summed E-state index contributed by atoms with van der Waals surface area (Å²) < 4.78 is 3.57. The number of aryl methyl sites for hydroxylation is 3. The van der Waals surface area contributed by atoms with E-state index in [1.807, 2.05) is 17.0 Å². The second-order valence-electron chi connectivity index (χ2n) is 6.29. The number of imidazole rings is 1. The first-order valence-electron chi connectivity index (χ1n) is 7.58. The Balaban J connectivity index is 1.87. The van der Waals surface area contributed by atoms with Gasteiger partial charge in [-0.05, 0) is 50.3 Å². The van der Waals surface area contributed by atoms with E-state index in [2.05, 4.69) is 32.9 Å². The minimum Gasteiger partial charge on any atom is -0.322 e. The van der Waals surface area contributed by atoms with Crippen molar-refractivity contribution in [2.45, 2.75) is 52.2 Å². The van der Waals surface area contributed by atoms with Gasteiger partial charge in [-0.1, -0.05) is 17.7 Å². The average Bonchev–Trinajstić information content (AvgIpc) is 3.15. The van der Waals surface area contributed by atoms with Crippen molar-refractivity contribution in [3.8, 4) is 0 Å². The molecule has 1 aliphatic rings. The largest absolute Gasteiger partial charge is 0.328 e. The zero-order chi connectivity index (χ0) is 15.1. The SMILES string of the molecule is Cc1cc(C)c(C(N)Cn2ccn(C3CC3)c2=O)c(C)c1. The highest BCUT2D eigenvalue weighted by atomic mass is 16.1. The van der Waals surface area contributed by atoms with Gasteiger partial charge in [-0.2, -0.15) is 0 Å². The Hall–Kier alpha value is -1.81. The van der Waals surface area contributed by atoms with Crippen molar-refractivity contribution in [2.75, 3.05) is 0 Å². The Kier molecular flexibility index (Phi) is 3.49. The van der Waals surface area contributed by atoms with Crippen LogP contribution in [0.15, 0.2) is 29.3 Å². The molecule has 0 aliphatic heterocycles. The Morgan fingerprint density at radius 1 is 1.19 bits per heavy atom. The van der Waals surface area contributed by atoms with Crippen molar-refractivity contribution in [1.82, 2.24) is 9.13 Å². The molecule has 4 heteroatoms. The van der Waals surface area contributed by atoms with E-state index in [0.717, 1.165) is 18.4 Å². The molecule has 21 heavy (non-hydrogen) atoms. The molecule has 2 aromatic rings. The van der Waals surface area contributed by atoms with Crippen LogP contribution >= 0.6 is 0 Å². The van der Waals surface area contributed by atoms with Crippen LogP contribution in [0.1, 0.15) is 47.2 Å². The van der Waals surface area contributed by atoms with Crippen LogP contribution in [0.5, 0.6) is 0 Å². The molecule has 0 bridgehead atoms. The van der Waals surface area contributed by atoms with Gasteiger partial charge in [0, 0.05) is 31.0 Å². The van der Waals surface area contributed by atoms with E-state index in [-0.39, 0.29) is 11.7 Å². The number of benzene rings is 1. The number of aromatic nitrogens is 2. The molecule has 1 aromatic heterocycles. The summed E-state index contributed by atoms with van der Waals surface area (Å²) in [6.07, 6.45) is 5.99. The minimum absolute atomic E-state index is 0.0652. The predicted molar refractivity (Wildman–Crippen MR) is 84.5 cm³/mol. The van der Waals surface area contributed by atoms with Gasteiger partial charge >= 0.3 is 5.69 Å². The van der Waals surface area contributed by atoms with E-state index < -0.39 is 0 Å². The maximum atomic E-state index is 12.3. The van der Waals surface area contributed by atoms with Crippen molar-refractivity contribution in [3.05, 3.63) is 57.3 Å². The Morgan fingerprint density at radius 3 is 2.38 bits per heavy atom. The Bertz CT molecular complexity index is 699. The molecule has 112 valence electrons. The lowest BCUT2D eigenvalue weighted by Gasteiger charge is -2.18. The molecule has 1 aromatic carbocycles. The lowest BCUT2D eigenvalue weighted by molar-refractivity contribution is 0.542. The molecule has 0 radical (unpaired) electrons. The average molecular weight is 285 g/mol. The van der Waals surface area contributed by atoms with E-state index >= 15 is 0 Å². The number of hydrogen-bond donors (Lipinski definition) is 1. The first kappa shape index (κ1) is 14.1. The summed E-state index contributed by atoms with van der Waals surface area (Å²) in [5.74, 6) is 0. The van der Waals surface area contributed by atoms with Crippen LogP contribution < -0.4 is 11.4 Å². The molecular formula is C17H23N3O. The third-order valence-corrected chi connectivity index (χ3v) is 4.32. The van der Waals surface area contributed by atoms with Crippen LogP contribution in [-0.2, 0) is 6.54 Å². The van der Waals surface area contributed by atoms with Crippen LogP contribution in [0.25, 0.3) is 0 Å². The summed E-state index contributed by atoms with van der Waals surface area (Å²) in [7, 11) is 0. The Morgan fingerprint density at radius 2 is 1.81 bits per heavy atom. The topological polar surface area (TPSA) is 52.9 Å². The van der Waals surface area contributed by atoms with Crippen molar-refractivity contribution >= 4 is 0 Å². The smallest absolute Gasteiger partial charge is 0.322 e. The summed E-state index contributed by atoms with van der Waals surface area (Å²) in [5, 5.41) is 0. The molecule has 0 spiro atoms. The van der Waals surface area contributed by atoms with Gasteiger partial charge in [0.2, 0.25) is 0 Å². The van der Waals surface area contributed by atoms with Crippen LogP contribution in [0.3, 0.4) is 0 Å². The fraction of sp³-hybridized carbons (Fsp3) is 0.471. The molecule has 1 fully saturated rings. The van der Waals surface area contributed by atoms with E-state index in [0.29, 0.717) is 12.6 Å². The van der Waals surface area contributed by atoms with Crippen LogP contribution in [-0.4, -0.2) is 9.13 Å². The van der Waals surface area contributed by atoms with Crippen LogP contribution in [0.4, 0.5) is 0 Å². The standard InChI is InChI=1S/C17H23N3O/c1-11-8-12(2)16(13(3)9-11)15(18)10-19-6-7-20(17(19)21)14-4-5-14/h6-9,14-15H,4-5,10,18H2,1-3H3. The predicted octanol–water partition coefficient (Wildman–Crippen LogP) is 2.61. The number of rotatable bonds is 4. The van der Waals surface area contributed by atoms with Crippen molar-refractivity contribution in [3.63, 3.8) is 0 Å². The monoisotopic (exact) mass is 285 g/mol. The molecule has 1 aliphatic carbocycles. The molecule has 1 heterocycles. The van der Waals surface area contributed by atoms with E-state index in [9.17, 15) is 4.79 Å². The molecule has 1 unspecified atom stereocenters. The van der Waals surface area contributed by atoms with Crippen molar-refractivity contribution in [2.24, 2.45) is 5.73 Å². The van der Waals surface area contributed by atoms with Gasteiger partial charge in [-0.15, -0.1) is 0 Å². The van der Waals surface area contributed by atoms with Crippen molar-refractivity contribution < 1.29 is 0 Å². The van der Waals surface area contributed by atoms with E-state index in [1.54, 1.807) is 4.57 Å². The van der Waals surface area contributed by atoms with Gasteiger partial charge in [0.05, 0.1) is 0 Å². The molecule has 0 amide bonds. The molecule has 1 atom stereocenters. The van der Waals surface area contributed by atoms with Crippen molar-refractivity contribution in [1.29, 1.82) is 0 Å². The summed E-state index contributed by atoms with van der Waals surface area (Å²) in [6, 6.07) is 4.57.